The minimum atomic E-state index is -1.43. The molecule has 0 spiro atoms. The number of nitrogens with zero attached hydrogens (tertiary/aromatic N) is 3. The number of hydrogen-bond donors (Lipinski definition) is 1. The highest BCUT2D eigenvalue weighted by molar-refractivity contribution is 5.86. The van der Waals surface area contributed by atoms with E-state index >= 15 is 0 Å². The van der Waals surface area contributed by atoms with Crippen LogP contribution in [0.2, 0.25) is 0 Å². The molecule has 0 aromatic carbocycles. The molecule has 1 atom stereocenters. The summed E-state index contributed by atoms with van der Waals surface area (Å²) < 4.78 is 19.1. The topological polar surface area (TPSA) is 77.2 Å². The van der Waals surface area contributed by atoms with Crippen LogP contribution in [0.3, 0.4) is 0 Å². The Morgan fingerprint density at radius 2 is 2.29 bits per heavy atom. The molecule has 1 rings (SSSR count). The molecule has 0 saturated heterocycles. The standard InChI is InChI=1S/C10H16FN3O3/c1-10(2,3)17-9(16)8-5-14(13-12-8)4-7(11)6-15/h5,7,15H,4,6H2,1-3H3. The van der Waals surface area contributed by atoms with Gasteiger partial charge in [-0.05, 0) is 20.8 Å². The van der Waals surface area contributed by atoms with Gasteiger partial charge in [-0.3, -0.25) is 0 Å². The van der Waals surface area contributed by atoms with E-state index in [0.717, 1.165) is 4.68 Å². The van der Waals surface area contributed by atoms with Gasteiger partial charge in [-0.1, -0.05) is 5.21 Å². The van der Waals surface area contributed by atoms with E-state index in [2.05, 4.69) is 10.3 Å². The summed E-state index contributed by atoms with van der Waals surface area (Å²) in [4.78, 5) is 11.5. The second-order valence-electron chi connectivity index (χ2n) is 4.61. The Balaban J connectivity index is 2.65. The molecule has 7 heteroatoms. The van der Waals surface area contributed by atoms with Crippen LogP contribution in [0.4, 0.5) is 4.39 Å². The second-order valence-corrected chi connectivity index (χ2v) is 4.61. The van der Waals surface area contributed by atoms with Gasteiger partial charge in [0.25, 0.3) is 0 Å². The maximum absolute atomic E-state index is 12.8. The van der Waals surface area contributed by atoms with Crippen molar-refractivity contribution in [1.82, 2.24) is 15.0 Å². The fourth-order valence-electron chi connectivity index (χ4n) is 1.07. The van der Waals surface area contributed by atoms with Crippen LogP contribution in [0, 0.1) is 0 Å². The van der Waals surface area contributed by atoms with E-state index in [1.54, 1.807) is 20.8 Å². The Hall–Kier alpha value is -1.50. The second kappa shape index (κ2) is 5.22. The minimum Gasteiger partial charge on any atom is -0.455 e. The maximum atomic E-state index is 12.8. The third-order valence-corrected chi connectivity index (χ3v) is 1.73. The molecule has 1 N–H and O–H groups in total. The van der Waals surface area contributed by atoms with E-state index < -0.39 is 24.3 Å². The molecule has 6 nitrogen and oxygen atoms in total. The van der Waals surface area contributed by atoms with Gasteiger partial charge in [0.15, 0.2) is 5.69 Å². The summed E-state index contributed by atoms with van der Waals surface area (Å²) in [7, 11) is 0. The lowest BCUT2D eigenvalue weighted by atomic mass is 10.2. The lowest BCUT2D eigenvalue weighted by Crippen LogP contribution is -2.24. The molecular weight excluding hydrogens is 229 g/mol. The van der Waals surface area contributed by atoms with Crippen LogP contribution >= 0.6 is 0 Å². The van der Waals surface area contributed by atoms with Gasteiger partial charge in [-0.25, -0.2) is 13.9 Å². The van der Waals surface area contributed by atoms with Crippen LogP contribution in [0.25, 0.3) is 0 Å². The molecule has 0 aliphatic rings. The number of aliphatic hydroxyl groups is 1. The highest BCUT2D eigenvalue weighted by Crippen LogP contribution is 2.10. The lowest BCUT2D eigenvalue weighted by Gasteiger charge is -2.18. The van der Waals surface area contributed by atoms with Crippen LogP contribution < -0.4 is 0 Å². The highest BCUT2D eigenvalue weighted by Gasteiger charge is 2.20. The summed E-state index contributed by atoms with van der Waals surface area (Å²) >= 11 is 0. The zero-order valence-corrected chi connectivity index (χ0v) is 10.1. The van der Waals surface area contributed by atoms with Crippen molar-refractivity contribution in [3.8, 4) is 0 Å². The molecule has 0 aliphatic heterocycles. The number of esters is 1. The molecule has 0 bridgehead atoms. The quantitative estimate of drug-likeness (QED) is 0.784. The number of halogens is 1. The van der Waals surface area contributed by atoms with E-state index in [1.807, 2.05) is 0 Å². The van der Waals surface area contributed by atoms with Crippen molar-refractivity contribution in [2.45, 2.75) is 39.1 Å². The summed E-state index contributed by atoms with van der Waals surface area (Å²) in [6.45, 7) is 4.46. The number of aliphatic hydroxyl groups excluding tert-OH is 1. The Labute approximate surface area is 98.4 Å². The van der Waals surface area contributed by atoms with Gasteiger partial charge in [0.05, 0.1) is 19.3 Å². The largest absolute Gasteiger partial charge is 0.455 e. The van der Waals surface area contributed by atoms with E-state index in [0.29, 0.717) is 0 Å². The van der Waals surface area contributed by atoms with E-state index in [4.69, 9.17) is 9.84 Å². The number of hydrogen-bond acceptors (Lipinski definition) is 5. The molecule has 0 radical (unpaired) electrons. The summed E-state index contributed by atoms with van der Waals surface area (Å²) in [5, 5.41) is 15.7. The predicted octanol–water partition coefficient (Wildman–Crippen LogP) is 0.564. The first-order chi connectivity index (χ1) is 7.81. The van der Waals surface area contributed by atoms with Crippen molar-refractivity contribution >= 4 is 5.97 Å². The summed E-state index contributed by atoms with van der Waals surface area (Å²) in [6, 6.07) is 0. The van der Waals surface area contributed by atoms with Crippen LogP contribution in [-0.4, -0.2) is 44.4 Å². The van der Waals surface area contributed by atoms with Crippen molar-refractivity contribution in [2.75, 3.05) is 6.61 Å². The molecule has 1 unspecified atom stereocenters. The molecule has 1 aromatic heterocycles. The van der Waals surface area contributed by atoms with Crippen molar-refractivity contribution in [1.29, 1.82) is 0 Å². The van der Waals surface area contributed by atoms with Crippen LogP contribution in [0.15, 0.2) is 6.20 Å². The third kappa shape index (κ3) is 4.48. The minimum absolute atomic E-state index is 0.0186. The maximum Gasteiger partial charge on any atom is 0.361 e. The molecule has 0 fully saturated rings. The fourth-order valence-corrected chi connectivity index (χ4v) is 1.07. The van der Waals surface area contributed by atoms with Crippen molar-refractivity contribution in [2.24, 2.45) is 0 Å². The summed E-state index contributed by atoms with van der Waals surface area (Å²) in [6.07, 6.45) is -0.140. The Kier molecular flexibility index (Phi) is 4.17. The number of aromatic nitrogens is 3. The Morgan fingerprint density at radius 1 is 1.65 bits per heavy atom. The molecule has 0 amide bonds. The molecule has 0 saturated carbocycles. The molecule has 17 heavy (non-hydrogen) atoms. The van der Waals surface area contributed by atoms with Gasteiger partial charge in [0, 0.05) is 0 Å². The first kappa shape index (κ1) is 13.6. The third-order valence-electron chi connectivity index (χ3n) is 1.73. The van der Waals surface area contributed by atoms with Crippen molar-refractivity contribution in [3.63, 3.8) is 0 Å². The van der Waals surface area contributed by atoms with Gasteiger partial charge in [0.1, 0.15) is 11.8 Å². The Bertz CT molecular complexity index is 386. The van der Waals surface area contributed by atoms with Gasteiger partial charge in [-0.15, -0.1) is 5.10 Å². The summed E-state index contributed by atoms with van der Waals surface area (Å²) in [5.41, 5.74) is -0.598. The van der Waals surface area contributed by atoms with Crippen LogP contribution in [0.5, 0.6) is 0 Å². The van der Waals surface area contributed by atoms with Gasteiger partial charge in [0.2, 0.25) is 0 Å². The predicted molar refractivity (Wildman–Crippen MR) is 57.2 cm³/mol. The van der Waals surface area contributed by atoms with Crippen LogP contribution in [-0.2, 0) is 11.3 Å². The van der Waals surface area contributed by atoms with Gasteiger partial charge in [-0.2, -0.15) is 0 Å². The first-order valence-electron chi connectivity index (χ1n) is 5.20. The zero-order valence-electron chi connectivity index (χ0n) is 10.1. The number of rotatable bonds is 4. The average molecular weight is 245 g/mol. The highest BCUT2D eigenvalue weighted by atomic mass is 19.1. The molecule has 1 aromatic rings. The monoisotopic (exact) mass is 245 g/mol. The van der Waals surface area contributed by atoms with E-state index in [1.165, 1.54) is 6.20 Å². The smallest absolute Gasteiger partial charge is 0.361 e. The fraction of sp³-hybridized carbons (Fsp3) is 0.700. The molecular formula is C10H16FN3O3. The zero-order chi connectivity index (χ0) is 13.1. The SMILES string of the molecule is CC(C)(C)OC(=O)c1cn(CC(F)CO)nn1. The van der Waals surface area contributed by atoms with Gasteiger partial charge < -0.3 is 9.84 Å². The molecule has 1 heterocycles. The lowest BCUT2D eigenvalue weighted by molar-refractivity contribution is 0.00626. The van der Waals surface area contributed by atoms with E-state index in [-0.39, 0.29) is 12.2 Å². The average Bonchev–Trinajstić information content (AvgIpc) is 2.63. The van der Waals surface area contributed by atoms with Gasteiger partial charge >= 0.3 is 5.97 Å². The normalized spacial score (nSPS) is 13.5. The van der Waals surface area contributed by atoms with Crippen molar-refractivity contribution in [3.05, 3.63) is 11.9 Å². The first-order valence-corrected chi connectivity index (χ1v) is 5.20. The summed E-state index contributed by atoms with van der Waals surface area (Å²) in [5.74, 6) is -0.608. The van der Waals surface area contributed by atoms with Crippen molar-refractivity contribution < 1.29 is 19.0 Å². The number of alkyl halides is 1. The van der Waals surface area contributed by atoms with Crippen LogP contribution in [0.1, 0.15) is 31.3 Å². The van der Waals surface area contributed by atoms with E-state index in [9.17, 15) is 9.18 Å². The number of carbonyl (C=O) groups is 1. The number of carbonyl (C=O) groups excluding carboxylic acids is 1. The molecule has 0 aliphatic carbocycles. The Morgan fingerprint density at radius 3 is 2.82 bits per heavy atom. The number of ether oxygens (including phenoxy) is 1. The molecule has 96 valence electrons.